The highest BCUT2D eigenvalue weighted by Gasteiger charge is 2.27. The molecule has 0 fully saturated rings. The normalized spacial score (nSPS) is 11.8. The van der Waals surface area contributed by atoms with Gasteiger partial charge in [-0.1, -0.05) is 62.4 Å². The van der Waals surface area contributed by atoms with Crippen LogP contribution in [0.3, 0.4) is 0 Å². The van der Waals surface area contributed by atoms with Crippen LogP contribution in [0.1, 0.15) is 75.1 Å². The van der Waals surface area contributed by atoms with Crippen LogP contribution in [0.2, 0.25) is 0 Å². The molecule has 2 aromatic carbocycles. The zero-order valence-electron chi connectivity index (χ0n) is 30.6. The summed E-state index contributed by atoms with van der Waals surface area (Å²) in [7, 11) is 2.31. The number of methoxy groups -OCH3 is 2. The molecular formula is C36H46N4O12. The van der Waals surface area contributed by atoms with Gasteiger partial charge in [-0.3, -0.25) is 28.8 Å². The summed E-state index contributed by atoms with van der Waals surface area (Å²) in [5.74, 6) is -5.26. The van der Waals surface area contributed by atoms with Crippen LogP contribution in [0.5, 0.6) is 0 Å². The molecule has 16 heteroatoms. The maximum absolute atomic E-state index is 12.7. The van der Waals surface area contributed by atoms with E-state index >= 15 is 0 Å². The van der Waals surface area contributed by atoms with Gasteiger partial charge in [0.15, 0.2) is 24.8 Å². The van der Waals surface area contributed by atoms with E-state index < -0.39 is 84.6 Å². The van der Waals surface area contributed by atoms with Gasteiger partial charge < -0.3 is 18.9 Å². The van der Waals surface area contributed by atoms with Crippen molar-refractivity contribution >= 4 is 47.5 Å². The predicted molar refractivity (Wildman–Crippen MR) is 185 cm³/mol. The van der Waals surface area contributed by atoms with Crippen LogP contribution in [0, 0.1) is 11.8 Å². The Labute approximate surface area is 302 Å². The molecule has 2 atom stereocenters. The molecule has 0 aliphatic heterocycles. The number of hydrazine groups is 2. The molecule has 0 aliphatic carbocycles. The summed E-state index contributed by atoms with van der Waals surface area (Å²) in [6.07, 6.45) is -2.19. The van der Waals surface area contributed by atoms with Gasteiger partial charge in [-0.15, -0.1) is 0 Å². The summed E-state index contributed by atoms with van der Waals surface area (Å²) in [6.45, 7) is 8.57. The second-order valence-corrected chi connectivity index (χ2v) is 12.3. The molecule has 0 bridgehead atoms. The molecule has 2 rings (SSSR count). The molecule has 0 saturated carbocycles. The van der Waals surface area contributed by atoms with E-state index in [1.165, 1.54) is 13.8 Å². The Morgan fingerprint density at radius 3 is 1.12 bits per heavy atom. The van der Waals surface area contributed by atoms with Crippen LogP contribution in [0.25, 0.3) is 11.1 Å². The first-order valence-electron chi connectivity index (χ1n) is 16.4. The first-order chi connectivity index (χ1) is 24.5. The van der Waals surface area contributed by atoms with E-state index in [2.05, 4.69) is 20.3 Å². The van der Waals surface area contributed by atoms with E-state index in [1.807, 2.05) is 0 Å². The number of ketones is 2. The topological polar surface area (TPSA) is 204 Å². The number of rotatable bonds is 15. The third-order valence-electron chi connectivity index (χ3n) is 7.57. The lowest BCUT2D eigenvalue weighted by Crippen LogP contribution is -2.50. The number of carbonyl (C=O) groups is 8. The smallest absolute Gasteiger partial charge is 0.425 e. The van der Waals surface area contributed by atoms with E-state index in [4.69, 9.17) is 9.47 Å². The molecule has 2 N–H and O–H groups in total. The molecule has 2 aromatic rings. The number of nitrogens with one attached hydrogen (secondary N) is 2. The molecule has 0 heterocycles. The van der Waals surface area contributed by atoms with Gasteiger partial charge in [0.1, 0.15) is 0 Å². The van der Waals surface area contributed by atoms with Crippen molar-refractivity contribution in [3.8, 4) is 11.1 Å². The van der Waals surface area contributed by atoms with Gasteiger partial charge in [-0.05, 0) is 38.8 Å². The molecule has 4 amide bonds. The molecule has 282 valence electrons. The summed E-state index contributed by atoms with van der Waals surface area (Å²) in [4.78, 5) is 98.6. The molecule has 0 radical (unpaired) electrons. The molecule has 0 spiro atoms. The van der Waals surface area contributed by atoms with Gasteiger partial charge in [0.2, 0.25) is 11.8 Å². The fraction of sp³-hybridized carbons (Fsp3) is 0.444. The molecular weight excluding hydrogens is 680 g/mol. The minimum absolute atomic E-state index is 0.267. The van der Waals surface area contributed by atoms with Gasteiger partial charge in [0, 0.05) is 36.1 Å². The second kappa shape index (κ2) is 20.1. The van der Waals surface area contributed by atoms with Crippen LogP contribution in [-0.2, 0) is 38.1 Å². The zero-order valence-corrected chi connectivity index (χ0v) is 30.6. The van der Waals surface area contributed by atoms with Gasteiger partial charge in [0.25, 0.3) is 0 Å². The maximum Gasteiger partial charge on any atom is 0.425 e. The number of benzene rings is 2. The predicted octanol–water partition coefficient (Wildman–Crippen LogP) is 3.87. The number of carbonyl (C=O) groups excluding carboxylic acids is 8. The van der Waals surface area contributed by atoms with Crippen molar-refractivity contribution in [1.29, 1.82) is 0 Å². The third kappa shape index (κ3) is 12.8. The molecule has 0 aliphatic rings. The van der Waals surface area contributed by atoms with E-state index in [9.17, 15) is 38.4 Å². The van der Waals surface area contributed by atoms with E-state index in [-0.39, 0.29) is 24.0 Å². The second-order valence-electron chi connectivity index (χ2n) is 12.3. The Morgan fingerprint density at radius 1 is 0.538 bits per heavy atom. The Bertz CT molecular complexity index is 1490. The van der Waals surface area contributed by atoms with Gasteiger partial charge in [-0.2, -0.15) is 0 Å². The standard InChI is InChI=1S/C36H46N4O12/c1-21(2)39(37-35(47)49-7)31(43)17-23(5)33(45)51-19-29(41)27-13-9-25(10-14-27)26-11-15-28(16-12-26)30(42)20-52-34(46)24(6)18-32(44)40(22(3)4)38-36(48)50-8/h9-16,21-24H,17-20H2,1-8H3,(H,37,47)(H,38,48)/t23-,24-/m1/s1. The highest BCUT2D eigenvalue weighted by atomic mass is 16.6. The van der Waals surface area contributed by atoms with Crippen LogP contribution >= 0.6 is 0 Å². The number of nitrogens with zero attached hydrogens (tertiary/aromatic N) is 2. The summed E-state index contributed by atoms with van der Waals surface area (Å²) in [5, 5.41) is 2.11. The van der Waals surface area contributed by atoms with Crippen molar-refractivity contribution in [3.63, 3.8) is 0 Å². The third-order valence-corrected chi connectivity index (χ3v) is 7.57. The average Bonchev–Trinajstić information content (AvgIpc) is 3.12. The fourth-order valence-corrected chi connectivity index (χ4v) is 4.56. The molecule has 0 unspecified atom stereocenters. The number of esters is 2. The summed E-state index contributed by atoms with van der Waals surface area (Å²) in [5.41, 5.74) is 6.63. The lowest BCUT2D eigenvalue weighted by Gasteiger charge is -2.27. The number of hydrogen-bond acceptors (Lipinski definition) is 12. The number of Topliss-reactive ketones (excluding diaryl/α,β-unsaturated/α-hetero) is 2. The molecule has 0 saturated heterocycles. The monoisotopic (exact) mass is 726 g/mol. The lowest BCUT2D eigenvalue weighted by molar-refractivity contribution is -0.151. The van der Waals surface area contributed by atoms with Crippen LogP contribution in [0.4, 0.5) is 9.59 Å². The molecule has 52 heavy (non-hydrogen) atoms. The first kappa shape index (κ1) is 42.4. The van der Waals surface area contributed by atoms with Crippen molar-refractivity contribution in [3.05, 3.63) is 59.7 Å². The highest BCUT2D eigenvalue weighted by Crippen LogP contribution is 2.21. The van der Waals surface area contributed by atoms with Gasteiger partial charge in [0.05, 0.1) is 26.1 Å². The van der Waals surface area contributed by atoms with E-state index in [1.54, 1.807) is 76.2 Å². The molecule has 0 aromatic heterocycles. The number of hydrogen-bond donors (Lipinski definition) is 2. The Hall–Kier alpha value is -5.80. The minimum Gasteiger partial charge on any atom is -0.457 e. The SMILES string of the molecule is COC(=O)NN(C(=O)C[C@@H](C)C(=O)OCC(=O)c1ccc(-c2ccc(C(=O)COC(=O)[C@H](C)CC(=O)N(NC(=O)OC)C(C)C)cc2)cc1)C(C)C. The van der Waals surface area contributed by atoms with Crippen LogP contribution < -0.4 is 10.9 Å². The quantitative estimate of drug-likeness (QED) is 0.116. The zero-order chi connectivity index (χ0) is 39.1. The minimum atomic E-state index is -0.885. The molecule has 16 nitrogen and oxygen atoms in total. The van der Waals surface area contributed by atoms with Crippen molar-refractivity contribution in [2.24, 2.45) is 11.8 Å². The number of amides is 4. The largest absolute Gasteiger partial charge is 0.457 e. The van der Waals surface area contributed by atoms with Gasteiger partial charge in [-0.25, -0.2) is 30.5 Å². The van der Waals surface area contributed by atoms with E-state index in [0.29, 0.717) is 0 Å². The van der Waals surface area contributed by atoms with Crippen molar-refractivity contribution in [2.45, 2.75) is 66.5 Å². The summed E-state index contributed by atoms with van der Waals surface area (Å²) >= 11 is 0. The number of ether oxygens (including phenoxy) is 4. The Kier molecular flexibility index (Phi) is 16.4. The van der Waals surface area contributed by atoms with Crippen LogP contribution in [0.15, 0.2) is 48.5 Å². The van der Waals surface area contributed by atoms with Crippen LogP contribution in [-0.4, -0.2) is 97.0 Å². The first-order valence-corrected chi connectivity index (χ1v) is 16.4. The lowest BCUT2D eigenvalue weighted by atomic mass is 10.0. The van der Waals surface area contributed by atoms with Crippen molar-refractivity contribution in [1.82, 2.24) is 20.9 Å². The maximum atomic E-state index is 12.7. The summed E-state index contributed by atoms with van der Waals surface area (Å²) < 4.78 is 19.3. The van der Waals surface area contributed by atoms with Crippen molar-refractivity contribution < 1.29 is 57.3 Å². The Morgan fingerprint density at radius 2 is 0.846 bits per heavy atom. The average molecular weight is 727 g/mol. The van der Waals surface area contributed by atoms with Gasteiger partial charge >= 0.3 is 24.1 Å². The fourth-order valence-electron chi connectivity index (χ4n) is 4.56. The van der Waals surface area contributed by atoms with Crippen molar-refractivity contribution in [2.75, 3.05) is 27.4 Å². The highest BCUT2D eigenvalue weighted by molar-refractivity contribution is 5.99. The Balaban J connectivity index is 1.89. The summed E-state index contributed by atoms with van der Waals surface area (Å²) in [6, 6.07) is 12.2. The van der Waals surface area contributed by atoms with E-state index in [0.717, 1.165) is 35.4 Å².